The van der Waals surface area contributed by atoms with Gasteiger partial charge in [-0.15, -0.1) is 0 Å². The van der Waals surface area contributed by atoms with Gasteiger partial charge in [-0.3, -0.25) is 24.0 Å². The number of amides is 3. The maximum Gasteiger partial charge on any atom is 0.327 e. The van der Waals surface area contributed by atoms with Crippen molar-refractivity contribution >= 4 is 29.8 Å². The predicted octanol–water partition coefficient (Wildman–Crippen LogP) is 2.07. The second-order valence-corrected chi connectivity index (χ2v) is 15.6. The summed E-state index contributed by atoms with van der Waals surface area (Å²) >= 11 is 0. The number of carbonyl (C=O) groups excluding carboxylic acids is 4. The molecule has 3 saturated carbocycles. The van der Waals surface area contributed by atoms with Gasteiger partial charge < -0.3 is 34.4 Å². The second kappa shape index (κ2) is 13.9. The number of carbonyl (C=O) groups is 4. The van der Waals surface area contributed by atoms with E-state index in [0.29, 0.717) is 0 Å². The summed E-state index contributed by atoms with van der Waals surface area (Å²) in [6.45, 7) is -0.118. The first-order valence-corrected chi connectivity index (χ1v) is 18.7. The Morgan fingerprint density at radius 1 is 0.981 bits per heavy atom. The predicted molar refractivity (Wildman–Crippen MR) is 190 cm³/mol. The normalized spacial score (nSPS) is 30.4. The minimum atomic E-state index is -1.47. The van der Waals surface area contributed by atoms with E-state index in [0.717, 1.165) is 42.4 Å². The Hall–Kier alpha value is -4.14. The maximum atomic E-state index is 15.4. The molecule has 3 amide bonds. The average molecular weight is 729 g/mol. The third kappa shape index (κ3) is 6.25. The number of ether oxygens (including phenoxy) is 3. The summed E-state index contributed by atoms with van der Waals surface area (Å²) in [5, 5.41) is 13.8. The summed E-state index contributed by atoms with van der Waals surface area (Å²) < 4.78 is 20.1. The van der Waals surface area contributed by atoms with E-state index < -0.39 is 65.5 Å². The van der Waals surface area contributed by atoms with Crippen LogP contribution in [0.5, 0.6) is 0 Å². The highest BCUT2D eigenvalue weighted by Gasteiger charge is 2.78. The Morgan fingerprint density at radius 2 is 1.66 bits per heavy atom. The van der Waals surface area contributed by atoms with Crippen LogP contribution in [0.3, 0.4) is 0 Å². The Balaban J connectivity index is 1.18. The van der Waals surface area contributed by atoms with Crippen molar-refractivity contribution in [3.63, 3.8) is 0 Å². The van der Waals surface area contributed by atoms with Crippen molar-refractivity contribution in [3.05, 3.63) is 77.4 Å². The van der Waals surface area contributed by atoms with E-state index in [2.05, 4.69) is 5.32 Å². The van der Waals surface area contributed by atoms with Crippen LogP contribution in [0.1, 0.15) is 48.8 Å². The fourth-order valence-electron chi connectivity index (χ4n) is 8.97. The molecule has 3 aliphatic carbocycles. The molecule has 2 aromatic rings. The molecule has 53 heavy (non-hydrogen) atoms. The van der Waals surface area contributed by atoms with Crippen molar-refractivity contribution in [2.75, 3.05) is 34.3 Å². The zero-order valence-corrected chi connectivity index (χ0v) is 30.4. The van der Waals surface area contributed by atoms with Gasteiger partial charge in [-0.05, 0) is 48.4 Å². The van der Waals surface area contributed by atoms with Gasteiger partial charge in [0.25, 0.3) is 0 Å². The third-order valence-electron chi connectivity index (χ3n) is 11.9. The number of fused-ring (bicyclic) bond motifs is 4. The molecule has 7 atom stereocenters. The minimum Gasteiger partial charge on any atom is -0.458 e. The molecule has 2 bridgehead atoms. The van der Waals surface area contributed by atoms with Crippen LogP contribution in [-0.2, 0) is 51.2 Å². The molecule has 6 aliphatic rings. The molecular weight excluding hydrogens is 680 g/mol. The van der Waals surface area contributed by atoms with Crippen molar-refractivity contribution in [2.24, 2.45) is 17.3 Å². The van der Waals surface area contributed by atoms with Crippen molar-refractivity contribution in [2.45, 2.75) is 87.4 Å². The Morgan fingerprint density at radius 3 is 2.34 bits per heavy atom. The van der Waals surface area contributed by atoms with Crippen molar-refractivity contribution in [3.8, 4) is 0 Å². The molecule has 8 rings (SSSR count). The third-order valence-corrected chi connectivity index (χ3v) is 11.9. The van der Waals surface area contributed by atoms with Gasteiger partial charge >= 0.3 is 5.97 Å². The monoisotopic (exact) mass is 728 g/mol. The second-order valence-electron chi connectivity index (χ2n) is 15.6. The zero-order valence-electron chi connectivity index (χ0n) is 30.4. The highest BCUT2D eigenvalue weighted by molar-refractivity contribution is 5.96. The van der Waals surface area contributed by atoms with E-state index in [1.54, 1.807) is 32.3 Å². The number of hydrogen-bond acceptors (Lipinski definition) is 10. The van der Waals surface area contributed by atoms with Crippen LogP contribution in [0, 0.1) is 17.3 Å². The van der Waals surface area contributed by atoms with Gasteiger partial charge in [0.1, 0.15) is 35.9 Å². The van der Waals surface area contributed by atoms with Gasteiger partial charge in [-0.1, -0.05) is 54.6 Å². The van der Waals surface area contributed by atoms with E-state index in [4.69, 9.17) is 19.0 Å². The van der Waals surface area contributed by atoms with Crippen molar-refractivity contribution in [1.82, 2.24) is 20.2 Å². The lowest BCUT2D eigenvalue weighted by atomic mass is 9.62. The summed E-state index contributed by atoms with van der Waals surface area (Å²) in [5.41, 5.74) is 0.905. The molecule has 13 heteroatoms. The molecule has 6 fully saturated rings. The first-order valence-electron chi connectivity index (χ1n) is 18.7. The highest BCUT2D eigenvalue weighted by Crippen LogP contribution is 2.64. The van der Waals surface area contributed by atoms with Crippen molar-refractivity contribution in [1.29, 1.82) is 0 Å². The van der Waals surface area contributed by atoms with Crippen LogP contribution in [0.25, 0.3) is 6.08 Å². The Kier molecular flexibility index (Phi) is 9.43. The lowest BCUT2D eigenvalue weighted by molar-refractivity contribution is -0.235. The van der Waals surface area contributed by atoms with E-state index in [9.17, 15) is 19.5 Å². The SMILES string of the molecule is CN(C)C(=O)C=Cc1ccccc1CN1OC2C3OC(C4CC4)(C4CC4)OC3C3CC2(C(=O)N(C)C(Cc2ccccc2)C(=O)NCCO)C1C(=O)O3. The summed E-state index contributed by atoms with van der Waals surface area (Å²) in [6.07, 6.45) is 4.54. The van der Waals surface area contributed by atoms with Crippen LogP contribution in [0.15, 0.2) is 60.7 Å². The smallest absolute Gasteiger partial charge is 0.327 e. The lowest BCUT2D eigenvalue weighted by Crippen LogP contribution is -2.70. The Labute approximate surface area is 309 Å². The molecule has 2 N–H and O–H groups in total. The highest BCUT2D eigenvalue weighted by atomic mass is 16.8. The number of aliphatic hydroxyl groups excluding tert-OH is 1. The molecule has 2 aromatic carbocycles. The average Bonchev–Trinajstić information content (AvgIpc) is 4.11. The van der Waals surface area contributed by atoms with E-state index in [1.807, 2.05) is 54.6 Å². The van der Waals surface area contributed by atoms with Gasteiger partial charge in [0.2, 0.25) is 17.7 Å². The maximum absolute atomic E-state index is 15.4. The topological polar surface area (TPSA) is 147 Å². The minimum absolute atomic E-state index is 0.0289. The summed E-state index contributed by atoms with van der Waals surface area (Å²) in [4.78, 5) is 65.8. The fraction of sp³-hybridized carbons (Fsp3) is 0.550. The lowest BCUT2D eigenvalue weighted by Gasteiger charge is -2.50. The van der Waals surface area contributed by atoms with Crippen LogP contribution in [-0.4, -0.2) is 120 Å². The number of aliphatic hydroxyl groups is 1. The number of hydroxylamine groups is 2. The molecule has 0 aromatic heterocycles. The van der Waals surface area contributed by atoms with E-state index in [1.165, 1.54) is 15.9 Å². The number of hydrogen-bond donors (Lipinski definition) is 2. The van der Waals surface area contributed by atoms with Crippen molar-refractivity contribution < 1.29 is 43.3 Å². The zero-order chi connectivity index (χ0) is 37.1. The standard InChI is InChI=1S/C40H48N4O9/c1-42(2)31(46)18-13-25-11-7-8-12-26(25)23-44-34-37(48)50-30-22-39(34,35(53-44)33-32(30)51-40(52-33,27-14-15-27)28-16-17-28)38(49)43(3)29(36(47)41-19-20-45)21-24-9-5-4-6-10-24/h4-13,18,27-30,32-35,45H,14-17,19-23H2,1-3H3,(H,41,47). The molecule has 282 valence electrons. The van der Waals surface area contributed by atoms with Gasteiger partial charge in [0.05, 0.1) is 13.2 Å². The molecule has 3 aliphatic heterocycles. The van der Waals surface area contributed by atoms with Gasteiger partial charge in [-0.2, -0.15) is 5.06 Å². The first-order chi connectivity index (χ1) is 25.6. The first kappa shape index (κ1) is 35.9. The van der Waals surface area contributed by atoms with Gasteiger partial charge in [-0.25, -0.2) is 0 Å². The molecule has 7 unspecified atom stereocenters. The number of rotatable bonds is 13. The molecule has 0 spiro atoms. The largest absolute Gasteiger partial charge is 0.458 e. The number of nitrogens with one attached hydrogen (secondary N) is 1. The molecule has 3 heterocycles. The number of benzene rings is 2. The molecule has 13 nitrogen and oxygen atoms in total. The Bertz CT molecular complexity index is 1770. The number of esters is 1. The fourth-order valence-corrected chi connectivity index (χ4v) is 8.97. The molecule has 0 radical (unpaired) electrons. The summed E-state index contributed by atoms with van der Waals surface area (Å²) in [5.74, 6) is -1.95. The van der Waals surface area contributed by atoms with Gasteiger partial charge in [0, 0.05) is 58.4 Å². The summed E-state index contributed by atoms with van der Waals surface area (Å²) in [6, 6.07) is 14.8. The molecular formula is C40H48N4O9. The summed E-state index contributed by atoms with van der Waals surface area (Å²) in [7, 11) is 4.95. The van der Waals surface area contributed by atoms with Crippen LogP contribution >= 0.6 is 0 Å². The van der Waals surface area contributed by atoms with E-state index >= 15 is 4.79 Å². The number of likely N-dealkylation sites (N-methyl/N-ethyl adjacent to an activating group) is 2. The molecule has 3 saturated heterocycles. The van der Waals surface area contributed by atoms with Gasteiger partial charge in [0.15, 0.2) is 11.8 Å². The quantitative estimate of drug-likeness (QED) is 0.232. The number of nitrogens with zero attached hydrogens (tertiary/aromatic N) is 3. The van der Waals surface area contributed by atoms with E-state index in [-0.39, 0.29) is 50.3 Å². The van der Waals surface area contributed by atoms with Crippen LogP contribution in [0.2, 0.25) is 0 Å². The van der Waals surface area contributed by atoms with Crippen LogP contribution < -0.4 is 5.32 Å². The van der Waals surface area contributed by atoms with Crippen LogP contribution in [0.4, 0.5) is 0 Å².